The minimum Gasteiger partial charge on any atom is -0.370 e. The molecule has 5 nitrogen and oxygen atoms in total. The van der Waals surface area contributed by atoms with Gasteiger partial charge in [0.2, 0.25) is 11.8 Å². The van der Waals surface area contributed by atoms with Crippen LogP contribution in [0.25, 0.3) is 0 Å². The minimum atomic E-state index is -0.376. The summed E-state index contributed by atoms with van der Waals surface area (Å²) in [7, 11) is 0. The molecule has 0 atom stereocenters. The van der Waals surface area contributed by atoms with Crippen LogP contribution in [0.4, 0.5) is 0 Å². The summed E-state index contributed by atoms with van der Waals surface area (Å²) in [6, 6.07) is 10.0. The molecule has 3 N–H and O–H groups in total. The van der Waals surface area contributed by atoms with Crippen LogP contribution >= 0.6 is 12.2 Å². The molecule has 0 aliphatic carbocycles. The highest BCUT2D eigenvalue weighted by atomic mass is 32.1. The Hall–Kier alpha value is -1.95. The Morgan fingerprint density at radius 3 is 2.44 bits per heavy atom. The Balaban J connectivity index is 2.50. The van der Waals surface area contributed by atoms with Crippen LogP contribution in [0.2, 0.25) is 0 Å². The van der Waals surface area contributed by atoms with E-state index in [-0.39, 0.29) is 18.2 Å². The number of hydrogen-bond acceptors (Lipinski definition) is 3. The second-order valence-electron chi connectivity index (χ2n) is 6.10. The summed E-state index contributed by atoms with van der Waals surface area (Å²) in [5, 5.41) is 3.16. The topological polar surface area (TPSA) is 75.4 Å². The van der Waals surface area contributed by atoms with E-state index in [1.807, 2.05) is 35.2 Å². The van der Waals surface area contributed by atoms with Crippen LogP contribution in [0.3, 0.4) is 0 Å². The summed E-state index contributed by atoms with van der Waals surface area (Å²) >= 11 is 5.36. The molecule has 0 saturated heterocycles. The summed E-state index contributed by atoms with van der Waals surface area (Å²) in [6.45, 7) is 3.18. The fourth-order valence-electron chi connectivity index (χ4n) is 2.44. The zero-order valence-corrected chi connectivity index (χ0v) is 15.8. The third-order valence-corrected chi connectivity index (χ3v) is 4.29. The van der Waals surface area contributed by atoms with Crippen LogP contribution in [0.1, 0.15) is 51.0 Å². The molecule has 0 spiro atoms. The van der Waals surface area contributed by atoms with Crippen molar-refractivity contribution >= 4 is 29.1 Å². The van der Waals surface area contributed by atoms with Crippen LogP contribution in [0.5, 0.6) is 0 Å². The van der Waals surface area contributed by atoms with E-state index < -0.39 is 0 Å². The van der Waals surface area contributed by atoms with Crippen molar-refractivity contribution in [3.05, 3.63) is 35.9 Å². The van der Waals surface area contributed by atoms with Crippen molar-refractivity contribution in [3.63, 3.8) is 0 Å². The molecule has 0 saturated carbocycles. The summed E-state index contributed by atoms with van der Waals surface area (Å²) in [6.07, 6.45) is 5.67. The minimum absolute atomic E-state index is 0.0649. The van der Waals surface area contributed by atoms with Gasteiger partial charge in [-0.25, -0.2) is 0 Å². The lowest BCUT2D eigenvalue weighted by atomic mass is 10.1. The van der Waals surface area contributed by atoms with Crippen molar-refractivity contribution in [2.75, 3.05) is 13.1 Å². The largest absolute Gasteiger partial charge is 0.370 e. The van der Waals surface area contributed by atoms with E-state index in [4.69, 9.17) is 18.0 Å². The summed E-state index contributed by atoms with van der Waals surface area (Å²) < 4.78 is 0. The van der Waals surface area contributed by atoms with Gasteiger partial charge >= 0.3 is 0 Å². The maximum Gasteiger partial charge on any atom is 0.226 e. The molecule has 1 rings (SSSR count). The van der Waals surface area contributed by atoms with Crippen molar-refractivity contribution in [3.8, 4) is 0 Å². The molecule has 2 amide bonds. The number of nitrogens with zero attached hydrogens (tertiary/aromatic N) is 1. The van der Waals surface area contributed by atoms with Crippen LogP contribution in [-0.4, -0.2) is 34.9 Å². The number of thiocarbonyl (C=S) groups is 1. The van der Waals surface area contributed by atoms with Crippen molar-refractivity contribution in [1.82, 2.24) is 10.2 Å². The Morgan fingerprint density at radius 2 is 1.80 bits per heavy atom. The van der Waals surface area contributed by atoms with Gasteiger partial charge in [-0.05, 0) is 30.6 Å². The van der Waals surface area contributed by atoms with Gasteiger partial charge in [0.15, 0.2) is 5.11 Å². The fraction of sp³-hybridized carbons (Fsp3) is 0.526. The van der Waals surface area contributed by atoms with E-state index in [1.54, 1.807) is 0 Å². The van der Waals surface area contributed by atoms with E-state index in [2.05, 4.69) is 12.2 Å². The molecule has 0 bridgehead atoms. The second-order valence-corrected chi connectivity index (χ2v) is 6.49. The normalized spacial score (nSPS) is 10.3. The van der Waals surface area contributed by atoms with Gasteiger partial charge < -0.3 is 16.0 Å². The highest BCUT2D eigenvalue weighted by molar-refractivity contribution is 7.80. The van der Waals surface area contributed by atoms with Gasteiger partial charge in [0.25, 0.3) is 0 Å². The van der Waals surface area contributed by atoms with E-state index >= 15 is 0 Å². The molecule has 0 fully saturated rings. The van der Waals surface area contributed by atoms with Crippen LogP contribution in [0, 0.1) is 0 Å². The van der Waals surface area contributed by atoms with Gasteiger partial charge in [-0.2, -0.15) is 0 Å². The van der Waals surface area contributed by atoms with E-state index in [9.17, 15) is 9.59 Å². The molecule has 0 aromatic heterocycles. The fourth-order valence-corrected chi connectivity index (χ4v) is 2.74. The van der Waals surface area contributed by atoms with E-state index in [0.717, 1.165) is 32.1 Å². The highest BCUT2D eigenvalue weighted by Crippen LogP contribution is 2.05. The third kappa shape index (κ3) is 9.82. The Morgan fingerprint density at radius 1 is 1.08 bits per heavy atom. The zero-order valence-electron chi connectivity index (χ0n) is 15.0. The number of rotatable bonds is 11. The average Bonchev–Trinajstić information content (AvgIpc) is 2.59. The number of nitrogens with two attached hydrogens (primary N) is 1. The second kappa shape index (κ2) is 12.4. The van der Waals surface area contributed by atoms with Crippen LogP contribution < -0.4 is 11.1 Å². The van der Waals surface area contributed by atoms with E-state index in [1.165, 1.54) is 5.56 Å². The smallest absolute Gasteiger partial charge is 0.226 e. The molecule has 6 heteroatoms. The monoisotopic (exact) mass is 363 g/mol. The van der Waals surface area contributed by atoms with E-state index in [0.29, 0.717) is 24.6 Å². The predicted molar refractivity (Wildman–Crippen MR) is 105 cm³/mol. The molecule has 1 aromatic carbocycles. The molecular weight excluding hydrogens is 334 g/mol. The highest BCUT2D eigenvalue weighted by Gasteiger charge is 2.13. The van der Waals surface area contributed by atoms with Gasteiger partial charge in [-0.15, -0.1) is 0 Å². The molecule has 0 aliphatic rings. The lowest BCUT2D eigenvalue weighted by Crippen LogP contribution is -2.44. The van der Waals surface area contributed by atoms with Gasteiger partial charge in [-0.1, -0.05) is 56.5 Å². The van der Waals surface area contributed by atoms with Crippen molar-refractivity contribution in [2.24, 2.45) is 5.73 Å². The van der Waals surface area contributed by atoms with Gasteiger partial charge in [0.1, 0.15) is 0 Å². The van der Waals surface area contributed by atoms with Crippen molar-refractivity contribution < 1.29 is 9.59 Å². The van der Waals surface area contributed by atoms with Crippen LogP contribution in [0.15, 0.2) is 30.3 Å². The molecule has 0 aliphatic heterocycles. The van der Waals surface area contributed by atoms with Crippen LogP contribution in [-0.2, 0) is 16.0 Å². The standard InChI is InChI=1S/C19H29N3O2S/c1-2-3-4-8-11-18(24)21-19(25)22(15-13-17(20)23)14-12-16-9-6-5-7-10-16/h5-7,9-10H,2-4,8,11-15H2,1H3,(H2,20,23)(H,21,24,25). The zero-order chi connectivity index (χ0) is 18.5. The first-order chi connectivity index (χ1) is 12.0. The first kappa shape index (κ1) is 21.1. The van der Waals surface area contributed by atoms with Crippen molar-refractivity contribution in [2.45, 2.75) is 51.9 Å². The Kier molecular flexibility index (Phi) is 10.5. The molecule has 0 heterocycles. The van der Waals surface area contributed by atoms with Gasteiger partial charge in [-0.3, -0.25) is 9.59 Å². The number of carbonyl (C=O) groups excluding carboxylic acids is 2. The average molecular weight is 364 g/mol. The first-order valence-electron chi connectivity index (χ1n) is 8.94. The van der Waals surface area contributed by atoms with Gasteiger partial charge in [0, 0.05) is 25.9 Å². The Bertz CT molecular complexity index is 549. The quantitative estimate of drug-likeness (QED) is 0.468. The summed E-state index contributed by atoms with van der Waals surface area (Å²) in [4.78, 5) is 25.0. The number of hydrogen-bond donors (Lipinski definition) is 2. The number of unbranched alkanes of at least 4 members (excludes halogenated alkanes) is 3. The number of amides is 2. The summed E-state index contributed by atoms with van der Waals surface area (Å²) in [5.74, 6) is -0.441. The molecule has 138 valence electrons. The predicted octanol–water partition coefficient (Wildman–Crippen LogP) is 2.78. The third-order valence-electron chi connectivity index (χ3n) is 3.93. The molecule has 25 heavy (non-hydrogen) atoms. The number of nitrogens with one attached hydrogen (secondary N) is 1. The molecular formula is C19H29N3O2S. The van der Waals surface area contributed by atoms with Gasteiger partial charge in [0.05, 0.1) is 0 Å². The summed E-state index contributed by atoms with van der Waals surface area (Å²) in [5.41, 5.74) is 6.43. The maximum atomic E-state index is 12.0. The first-order valence-corrected chi connectivity index (χ1v) is 9.34. The maximum absolute atomic E-state index is 12.0. The Labute approximate surface area is 156 Å². The molecule has 0 radical (unpaired) electrons. The SMILES string of the molecule is CCCCCCC(=O)NC(=S)N(CCC(N)=O)CCc1ccccc1. The number of primary amides is 1. The van der Waals surface area contributed by atoms with Crippen molar-refractivity contribution in [1.29, 1.82) is 0 Å². The number of carbonyl (C=O) groups is 2. The number of benzene rings is 1. The lowest BCUT2D eigenvalue weighted by Gasteiger charge is -2.25. The molecule has 1 aromatic rings. The molecule has 0 unspecified atom stereocenters. The lowest BCUT2D eigenvalue weighted by molar-refractivity contribution is -0.120.